The summed E-state index contributed by atoms with van der Waals surface area (Å²) in [6.45, 7) is -0.122. The van der Waals surface area contributed by atoms with E-state index >= 15 is 0 Å². The van der Waals surface area contributed by atoms with Crippen LogP contribution in [0.4, 0.5) is 5.82 Å². The monoisotopic (exact) mass is 629 g/mol. The first-order chi connectivity index (χ1) is 19.2. The normalized spacial score (nSPS) is 33.0. The number of esters is 1. The summed E-state index contributed by atoms with van der Waals surface area (Å²) >= 11 is 0. The number of ether oxygens (including phenoxy) is 3. The molecule has 8 N–H and O–H groups in total. The molecule has 0 aliphatic carbocycles. The quantitative estimate of drug-likeness (QED) is 0.0993. The molecule has 2 aliphatic heterocycles. The highest BCUT2D eigenvalue weighted by Crippen LogP contribution is 2.60. The number of carbonyl (C=O) groups is 1. The first-order valence-corrected chi connectivity index (χ1v) is 15.0. The Bertz CT molecular complexity index is 1330. The van der Waals surface area contributed by atoms with Gasteiger partial charge in [-0.3, -0.25) is 18.4 Å². The molecule has 2 aromatic heterocycles. The first-order valence-electron chi connectivity index (χ1n) is 12.0. The smallest absolute Gasteiger partial charge is 0.456 e. The van der Waals surface area contributed by atoms with Crippen LogP contribution in [0.25, 0.3) is 11.2 Å². The highest BCUT2D eigenvalue weighted by atomic mass is 31.3. The second-order valence-corrected chi connectivity index (χ2v) is 12.0. The van der Waals surface area contributed by atoms with Crippen molar-refractivity contribution in [3.05, 3.63) is 12.7 Å². The van der Waals surface area contributed by atoms with Crippen molar-refractivity contribution in [1.82, 2.24) is 19.5 Å². The highest BCUT2D eigenvalue weighted by Gasteiger charge is 2.48. The number of nitrogens with zero attached hydrogens (tertiary/aromatic N) is 4. The molecule has 0 bridgehead atoms. The van der Waals surface area contributed by atoms with Crippen molar-refractivity contribution in [1.29, 1.82) is 0 Å². The Kier molecular flexibility index (Phi) is 9.76. The minimum atomic E-state index is -5.36. The third-order valence-electron chi connectivity index (χ3n) is 6.04. The number of phosphoric ester groups is 2. The Labute approximate surface area is 230 Å². The van der Waals surface area contributed by atoms with Crippen LogP contribution in [-0.4, -0.2) is 112 Å². The molecule has 20 nitrogen and oxygen atoms in total. The standard InChI is InChI=1S/C19H29N5O15P2/c1-2-3-10(25)38-15-9(37-19(29)14(15)28)5-35-41(32,33)39-40(30,31)34-4-8-12(26)13(27)18(36-8)24-7-23-11-16(20)21-6-22-17(11)24/h6-9,12-15,18-19,26-29H,2-5H2,1H3,(H,30,31)(H,32,33)(H2,20,21,22)/t8-,9+,12-,13-,14+,15+,18-,19?/m1/s1. The van der Waals surface area contributed by atoms with Gasteiger partial charge in [-0.15, -0.1) is 0 Å². The number of phosphoric acid groups is 2. The molecule has 4 rings (SSSR count). The van der Waals surface area contributed by atoms with E-state index in [1.165, 1.54) is 10.9 Å². The van der Waals surface area contributed by atoms with Crippen molar-refractivity contribution in [3.8, 4) is 0 Å². The number of aromatic nitrogens is 4. The van der Waals surface area contributed by atoms with Gasteiger partial charge < -0.3 is 50.2 Å². The van der Waals surface area contributed by atoms with Gasteiger partial charge in [-0.2, -0.15) is 4.31 Å². The number of imidazole rings is 1. The van der Waals surface area contributed by atoms with E-state index < -0.39 is 84.0 Å². The lowest BCUT2D eigenvalue weighted by Crippen LogP contribution is -2.38. The molecule has 0 amide bonds. The average molecular weight is 629 g/mol. The molecule has 0 spiro atoms. The summed E-state index contributed by atoms with van der Waals surface area (Å²) in [4.78, 5) is 43.5. The maximum atomic E-state index is 12.4. The van der Waals surface area contributed by atoms with Crippen LogP contribution in [0, 0.1) is 0 Å². The van der Waals surface area contributed by atoms with Gasteiger partial charge in [0.05, 0.1) is 19.5 Å². The zero-order valence-electron chi connectivity index (χ0n) is 21.2. The topological polar surface area (TPSA) is 298 Å². The molecule has 0 radical (unpaired) electrons. The number of aliphatic hydroxyl groups is 4. The van der Waals surface area contributed by atoms with E-state index in [4.69, 9.17) is 19.9 Å². The number of anilines is 1. The minimum Gasteiger partial charge on any atom is -0.456 e. The van der Waals surface area contributed by atoms with Gasteiger partial charge in [0, 0.05) is 6.42 Å². The van der Waals surface area contributed by atoms with Crippen LogP contribution < -0.4 is 5.73 Å². The molecular formula is C19H29N5O15P2. The Balaban J connectivity index is 1.33. The molecule has 4 heterocycles. The predicted octanol–water partition coefficient (Wildman–Crippen LogP) is -1.93. The summed E-state index contributed by atoms with van der Waals surface area (Å²) in [5.74, 6) is -0.686. The molecule has 2 fully saturated rings. The lowest BCUT2D eigenvalue weighted by atomic mass is 10.1. The minimum absolute atomic E-state index is 0.0153. The summed E-state index contributed by atoms with van der Waals surface area (Å²) in [6.07, 6.45) is -9.59. The van der Waals surface area contributed by atoms with Crippen molar-refractivity contribution >= 4 is 38.6 Å². The van der Waals surface area contributed by atoms with E-state index in [9.17, 15) is 44.1 Å². The van der Waals surface area contributed by atoms with Gasteiger partial charge in [0.2, 0.25) is 0 Å². The van der Waals surface area contributed by atoms with Gasteiger partial charge in [0.15, 0.2) is 30.1 Å². The van der Waals surface area contributed by atoms with Gasteiger partial charge in [-0.1, -0.05) is 6.92 Å². The number of fused-ring (bicyclic) bond motifs is 1. The second kappa shape index (κ2) is 12.6. The third kappa shape index (κ3) is 7.26. The Morgan fingerprint density at radius 1 is 1.00 bits per heavy atom. The number of hydrogen-bond donors (Lipinski definition) is 7. The zero-order chi connectivity index (χ0) is 30.1. The first kappa shape index (κ1) is 31.8. The summed E-state index contributed by atoms with van der Waals surface area (Å²) in [7, 11) is -10.7. The second-order valence-electron chi connectivity index (χ2n) is 9.00. The Morgan fingerprint density at radius 3 is 2.32 bits per heavy atom. The molecule has 230 valence electrons. The fourth-order valence-electron chi connectivity index (χ4n) is 4.08. The lowest BCUT2D eigenvalue weighted by Gasteiger charge is -2.22. The zero-order valence-corrected chi connectivity index (χ0v) is 23.0. The van der Waals surface area contributed by atoms with Crippen LogP contribution in [0.2, 0.25) is 0 Å². The molecule has 2 aliphatic rings. The molecule has 10 atom stereocenters. The van der Waals surface area contributed by atoms with Crippen LogP contribution in [0.15, 0.2) is 12.7 Å². The van der Waals surface area contributed by atoms with Crippen molar-refractivity contribution < 1.29 is 71.7 Å². The summed E-state index contributed by atoms with van der Waals surface area (Å²) in [6, 6.07) is 0. The Morgan fingerprint density at radius 2 is 1.66 bits per heavy atom. The van der Waals surface area contributed by atoms with E-state index in [1.54, 1.807) is 6.92 Å². The number of carbonyl (C=O) groups excluding carboxylic acids is 1. The SMILES string of the molecule is CCCC(=O)O[C@H]1[C@H](COP(=O)(O)OP(=O)(O)OC[C@H]2O[C@@H](n3cnc4c(N)ncnc43)[C@H](O)[C@@H]2O)OC(O)[C@H]1O. The molecule has 2 aromatic rings. The van der Waals surface area contributed by atoms with Crippen LogP contribution in [0.3, 0.4) is 0 Å². The molecular weight excluding hydrogens is 600 g/mol. The average Bonchev–Trinajstić information content (AvgIpc) is 3.52. The summed E-state index contributed by atoms with van der Waals surface area (Å²) in [5, 5.41) is 40.5. The van der Waals surface area contributed by atoms with E-state index in [0.29, 0.717) is 6.42 Å². The van der Waals surface area contributed by atoms with Crippen LogP contribution in [-0.2, 0) is 41.5 Å². The van der Waals surface area contributed by atoms with Gasteiger partial charge >= 0.3 is 21.6 Å². The van der Waals surface area contributed by atoms with Gasteiger partial charge in [-0.05, 0) is 6.42 Å². The van der Waals surface area contributed by atoms with E-state index in [2.05, 4.69) is 28.3 Å². The van der Waals surface area contributed by atoms with Crippen molar-refractivity contribution in [2.24, 2.45) is 0 Å². The van der Waals surface area contributed by atoms with Gasteiger partial charge in [0.25, 0.3) is 0 Å². The third-order valence-corrected chi connectivity index (χ3v) is 8.64. The number of nitrogen functional groups attached to an aromatic ring is 1. The van der Waals surface area contributed by atoms with E-state index in [1.807, 2.05) is 0 Å². The van der Waals surface area contributed by atoms with Crippen LogP contribution in [0.1, 0.15) is 26.0 Å². The van der Waals surface area contributed by atoms with E-state index in [-0.39, 0.29) is 23.4 Å². The number of aliphatic hydroxyl groups excluding tert-OH is 4. The predicted molar refractivity (Wildman–Crippen MR) is 130 cm³/mol. The molecule has 0 saturated carbocycles. The van der Waals surface area contributed by atoms with E-state index in [0.717, 1.165) is 6.33 Å². The number of rotatable bonds is 12. The highest BCUT2D eigenvalue weighted by molar-refractivity contribution is 7.61. The Hall–Kier alpha value is -2.16. The molecule has 2 saturated heterocycles. The fourth-order valence-corrected chi connectivity index (χ4v) is 6.17. The maximum absolute atomic E-state index is 12.4. The lowest BCUT2D eigenvalue weighted by molar-refractivity contribution is -0.156. The van der Waals surface area contributed by atoms with Crippen molar-refractivity contribution in [2.45, 2.75) is 68.9 Å². The molecule has 41 heavy (non-hydrogen) atoms. The van der Waals surface area contributed by atoms with Crippen LogP contribution >= 0.6 is 15.6 Å². The summed E-state index contributed by atoms with van der Waals surface area (Å²) < 4.78 is 55.0. The maximum Gasteiger partial charge on any atom is 0.481 e. The van der Waals surface area contributed by atoms with Gasteiger partial charge in [-0.25, -0.2) is 24.1 Å². The molecule has 3 unspecified atom stereocenters. The van der Waals surface area contributed by atoms with Crippen molar-refractivity contribution in [3.63, 3.8) is 0 Å². The van der Waals surface area contributed by atoms with Crippen LogP contribution in [0.5, 0.6) is 0 Å². The summed E-state index contributed by atoms with van der Waals surface area (Å²) in [5.41, 5.74) is 6.10. The number of hydrogen-bond acceptors (Lipinski definition) is 17. The largest absolute Gasteiger partial charge is 0.481 e. The molecule has 22 heteroatoms. The number of nitrogens with two attached hydrogens (primary N) is 1. The fraction of sp³-hybridized carbons (Fsp3) is 0.684. The van der Waals surface area contributed by atoms with Crippen molar-refractivity contribution in [2.75, 3.05) is 18.9 Å². The van der Waals surface area contributed by atoms with Gasteiger partial charge in [0.1, 0.15) is 42.4 Å². The molecule has 0 aromatic carbocycles.